The number of alkyl halides is 8. The quantitative estimate of drug-likeness (QED) is 0.0161. The Kier molecular flexibility index (Phi) is 35.4. The molecule has 0 saturated carbocycles. The molecule has 4 saturated heterocycles. The van der Waals surface area contributed by atoms with Crippen molar-refractivity contribution in [2.75, 3.05) is 51.3 Å². The number of hydrogen-bond acceptors (Lipinski definition) is 42. The van der Waals surface area contributed by atoms with Gasteiger partial charge >= 0.3 is 117 Å². The summed E-state index contributed by atoms with van der Waals surface area (Å²) in [6.45, 7) is -14.8. The van der Waals surface area contributed by atoms with Crippen LogP contribution in [0.2, 0.25) is 0 Å². The Balaban J connectivity index is 0.000000316. The molecule has 26 atom stereocenters. The van der Waals surface area contributed by atoms with E-state index >= 15 is 17.6 Å². The Bertz CT molecular complexity index is 6030. The lowest BCUT2D eigenvalue weighted by Crippen LogP contribution is -2.48. The number of aliphatic hydroxyl groups is 4. The number of aromatic amines is 2. The van der Waals surface area contributed by atoms with Crippen LogP contribution in [0.1, 0.15) is 44.2 Å². The van der Waals surface area contributed by atoms with Crippen molar-refractivity contribution < 1.29 is 283 Å². The Morgan fingerprint density at radius 1 is 0.392 bits per heavy atom. The number of nitrogens with one attached hydrogen (secondary N) is 2. The molecule has 0 aliphatic carbocycles. The molecule has 4 aromatic rings. The standard InChI is InChI=1S/C11H17F3N3O13P3.C11H16F3N2O14P3.C10H15F3N3O13P3.C10H14F3N2O14P3/c1-4(28-32(23,24)30-33(25,26)29-31(20,21)22)6-7(18)11(14,3-12)9(27-6)17-2-5(13)8(15)16-10(17)19;1-4(28-32(23,24)30-33(25,26)29-31(20,21)22)6-7(17)11(14,3-12)9(27-6)16-2-5(13)8(18)15-10(16)19;11-3-10(13)6(17)5(27-8(10)16-1-4(12)7(14)15-9(16)18)2-26-31(22,23)29-32(24,25)28-30(19,20)21;11-3-10(13)6(16)5(27-8(10)15-1-4(12)7(17)14-9(15)18)2-26-31(22,23)29-32(24,25)28-30(19,20)21/h2,4,6-7,9,18H,3H2,1H3,(H,23,24)(H,25,26)(H2,15,16,19)(H2,20,21,22);2,4,6-7,9,17H,3H2,1H3,(H,23,24)(H,25,26)(H,15,18,19)(H2,20,21,22);1,5-6,8,17H,2-3H2,(H,22,23)(H,24,25)(H2,14,15,18)(H2,19,20,21);1,5-6,8,16H,2-3H2,(H,22,23)(H,24,25)(H,14,17,18)(H2,19,20,21)/t2*4-,6+,7-,9+,11?;2*5-,6+,8-,10?/m0011/s1/i;;2*2D2. The van der Waals surface area contributed by atoms with Crippen LogP contribution in [-0.4, -0.2) is 260 Å². The number of ether oxygens (including phenoxy) is 4. The second-order valence-electron chi connectivity index (χ2n) is 24.8. The van der Waals surface area contributed by atoms with Crippen LogP contribution in [0.5, 0.6) is 0 Å². The number of aliphatic hydroxyl groups excluding tert-OH is 4. The van der Waals surface area contributed by atoms with E-state index in [9.17, 15) is 159 Å². The van der Waals surface area contributed by atoms with Gasteiger partial charge in [-0.2, -0.15) is 53.2 Å². The van der Waals surface area contributed by atoms with Crippen LogP contribution in [0.4, 0.5) is 64.3 Å². The minimum atomic E-state index is -6.21. The van der Waals surface area contributed by atoms with Crippen LogP contribution in [0, 0.1) is 23.3 Å². The van der Waals surface area contributed by atoms with Crippen LogP contribution in [0.3, 0.4) is 0 Å². The molecule has 26 N–H and O–H groups in total. The highest BCUT2D eigenvalue weighted by Gasteiger charge is 2.65. The van der Waals surface area contributed by atoms with Crippen LogP contribution in [0.25, 0.3) is 0 Å². The minimum Gasteiger partial charge on any atom is -0.387 e. The van der Waals surface area contributed by atoms with Crippen molar-refractivity contribution in [1.29, 1.82) is 0 Å². The molecule has 88 heteroatoms. The lowest BCUT2D eigenvalue weighted by Gasteiger charge is -2.27. The molecule has 0 bridgehead atoms. The average molecular weight is 2170 g/mol. The highest BCUT2D eigenvalue weighted by Crippen LogP contribution is 2.71. The van der Waals surface area contributed by atoms with Crippen molar-refractivity contribution in [1.82, 2.24) is 38.2 Å². The number of anilines is 2. The summed E-state index contributed by atoms with van der Waals surface area (Å²) in [6, 6.07) is 0. The van der Waals surface area contributed by atoms with Crippen LogP contribution in [0.15, 0.2) is 53.6 Å². The zero-order valence-electron chi connectivity index (χ0n) is 65.8. The normalized spacial score (nSPS) is 31.0. The van der Waals surface area contributed by atoms with E-state index < -0.39 is 311 Å². The van der Waals surface area contributed by atoms with Gasteiger partial charge in [-0.05, 0) is 13.8 Å². The number of nitrogen functional groups attached to an aromatic ring is 2. The number of aromatic nitrogens is 8. The third-order valence-electron chi connectivity index (χ3n) is 15.2. The number of halogens is 12. The molecule has 8 rings (SSSR count). The monoisotopic (exact) mass is 2170 g/mol. The van der Waals surface area contributed by atoms with Crippen molar-refractivity contribution in [3.63, 3.8) is 0 Å². The topological polar surface area (TPSA) is 989 Å². The highest BCUT2D eigenvalue weighted by atomic mass is 31.3. The molecule has 0 radical (unpaired) electrons. The van der Waals surface area contributed by atoms with Gasteiger partial charge in [0.1, 0.15) is 75.5 Å². The Hall–Kier alpha value is -4.80. The average Bonchev–Trinajstić information content (AvgIpc) is 1.58. The first-order valence-corrected chi connectivity index (χ1v) is 49.8. The molecule has 8 heterocycles. The molecule has 0 spiro atoms. The Morgan fingerprint density at radius 3 is 0.885 bits per heavy atom. The molecule has 0 amide bonds. The van der Waals surface area contributed by atoms with E-state index in [0.29, 0.717) is 6.20 Å². The second-order valence-corrected chi connectivity index (χ2v) is 42.2. The van der Waals surface area contributed by atoms with Gasteiger partial charge in [-0.1, -0.05) is 0 Å². The summed E-state index contributed by atoms with van der Waals surface area (Å²) < 4.78 is 399. The number of phosphoric acid groups is 12. The number of nitrogens with zero attached hydrogens (tertiary/aromatic N) is 6. The van der Waals surface area contributed by atoms with Crippen LogP contribution < -0.4 is 45.3 Å². The van der Waals surface area contributed by atoms with E-state index in [1.54, 1.807) is 0 Å². The zero-order chi connectivity index (χ0) is 104. The highest BCUT2D eigenvalue weighted by molar-refractivity contribution is 7.68. The van der Waals surface area contributed by atoms with Crippen molar-refractivity contribution in [2.24, 2.45) is 0 Å². The molecule has 748 valence electrons. The summed E-state index contributed by atoms with van der Waals surface area (Å²) in [4.78, 5) is 221. The predicted molar refractivity (Wildman–Crippen MR) is 376 cm³/mol. The lowest BCUT2D eigenvalue weighted by molar-refractivity contribution is -0.0859. The van der Waals surface area contributed by atoms with Gasteiger partial charge in [-0.15, -0.1) is 0 Å². The molecular formula is C42H62F12N10O54P12. The summed E-state index contributed by atoms with van der Waals surface area (Å²) in [5, 5.41) is 40.6. The molecule has 12 unspecified atom stereocenters. The molecule has 4 fully saturated rings. The van der Waals surface area contributed by atoms with Crippen LogP contribution in [-0.2, 0) is 126 Å². The van der Waals surface area contributed by atoms with Gasteiger partial charge in [0.05, 0.1) is 55.6 Å². The maximum atomic E-state index is 15.2. The van der Waals surface area contributed by atoms with Gasteiger partial charge in [-0.3, -0.25) is 55.9 Å². The summed E-state index contributed by atoms with van der Waals surface area (Å²) in [7, 11) is -70.8. The van der Waals surface area contributed by atoms with Gasteiger partial charge in [0.15, 0.2) is 48.2 Å². The maximum Gasteiger partial charge on any atom is 0.490 e. The largest absolute Gasteiger partial charge is 0.490 e. The predicted octanol–water partition coefficient (Wildman–Crippen LogP) is -2.82. The first-order valence-electron chi connectivity index (χ1n) is 33.7. The van der Waals surface area contributed by atoms with E-state index in [4.69, 9.17) is 94.6 Å². The van der Waals surface area contributed by atoms with E-state index in [1.807, 2.05) is 0 Å². The first kappa shape index (κ1) is 109. The smallest absolute Gasteiger partial charge is 0.387 e. The zero-order valence-corrected chi connectivity index (χ0v) is 72.5. The molecule has 4 aliphatic heterocycles. The van der Waals surface area contributed by atoms with Crippen molar-refractivity contribution in [3.8, 4) is 0 Å². The number of nitrogens with two attached hydrogens (primary N) is 2. The fourth-order valence-corrected chi connectivity index (χ4v) is 22.3. The third-order valence-corrected chi connectivity index (χ3v) is 30.4. The molecule has 0 aromatic carbocycles. The summed E-state index contributed by atoms with van der Waals surface area (Å²) in [6.07, 6.45) is -34.4. The fourth-order valence-electron chi connectivity index (χ4n) is 10.1. The number of phosphoric ester groups is 4. The van der Waals surface area contributed by atoms with Crippen molar-refractivity contribution in [2.45, 2.75) is 122 Å². The maximum absolute atomic E-state index is 15.2. The third kappa shape index (κ3) is 30.6. The van der Waals surface area contributed by atoms with E-state index in [0.717, 1.165) is 13.8 Å². The number of rotatable bonds is 36. The van der Waals surface area contributed by atoms with Crippen molar-refractivity contribution in [3.05, 3.63) is 111 Å². The SMILES string of the molecule is C[C@H](OP(=O)(O)OP(=O)(O)OP(=O)(O)O)[C@H]1O[C@@H](n2cc(F)c(=O)[nH]c2=O)C(F)(CF)[C@H]1O.C[C@H](OP(=O)(O)OP(=O)(O)OP(=O)(O)O)[C@H]1O[C@@H](n2cc(F)c(N)nc2=O)C(F)(CF)[C@H]1O.[2H]C([2H])(OP(=O)(O)OP(=O)(O)OP(=O)(O)O)[C@H]1O[C@@H](n2cc(F)c(=O)[nH]c2=O)C(F)(CF)[C@H]1O.[2H]C([2H])(OP(=O)(O)OP(=O)(O)OP(=O)(O)O)[C@H]1O[C@@H](n2cc(F)c(N)nc2=O)C(F)(CF)[C@H]1O. The summed E-state index contributed by atoms with van der Waals surface area (Å²) in [5.74, 6) is -7.92. The number of hydrogen-bond donors (Lipinski definition) is 24. The van der Waals surface area contributed by atoms with Crippen molar-refractivity contribution >= 4 is 106 Å². The van der Waals surface area contributed by atoms with Gasteiger partial charge in [0.2, 0.25) is 34.3 Å². The van der Waals surface area contributed by atoms with Gasteiger partial charge in [0.25, 0.3) is 11.1 Å². The lowest BCUT2D eigenvalue weighted by atomic mass is 9.95. The number of H-pyrrole nitrogens is 2. The first-order chi connectivity index (χ1) is 59.9. The summed E-state index contributed by atoms with van der Waals surface area (Å²) >= 11 is 0. The van der Waals surface area contributed by atoms with E-state index in [2.05, 4.69) is 62.5 Å². The molecule has 4 aliphatic rings. The Labute approximate surface area is 709 Å². The molecule has 64 nitrogen and oxygen atoms in total. The molecule has 4 aromatic heterocycles. The van der Waals surface area contributed by atoms with Gasteiger partial charge in [0, 0.05) is 0 Å². The summed E-state index contributed by atoms with van der Waals surface area (Å²) in [5.41, 5.74) is -13.4. The van der Waals surface area contributed by atoms with Gasteiger partial charge in [-0.25, -0.2) is 118 Å². The molecule has 130 heavy (non-hydrogen) atoms. The van der Waals surface area contributed by atoms with E-state index in [-0.39, 0.29) is 36.9 Å². The fraction of sp³-hybridized carbons (Fsp3) is 0.619. The Morgan fingerprint density at radius 2 is 0.623 bits per heavy atom. The second kappa shape index (κ2) is 42.3. The minimum absolute atomic E-state index is 0.0306. The van der Waals surface area contributed by atoms with Crippen LogP contribution >= 0.6 is 93.9 Å². The van der Waals surface area contributed by atoms with E-state index in [1.165, 1.54) is 9.97 Å². The molecular weight excluding hydrogens is 2110 g/mol. The van der Waals surface area contributed by atoms with Gasteiger partial charge < -0.3 is 129 Å².